The van der Waals surface area contributed by atoms with E-state index in [2.05, 4.69) is 14.9 Å². The van der Waals surface area contributed by atoms with Gasteiger partial charge in [0.15, 0.2) is 0 Å². The van der Waals surface area contributed by atoms with Crippen molar-refractivity contribution in [3.63, 3.8) is 0 Å². The van der Waals surface area contributed by atoms with Crippen molar-refractivity contribution in [3.05, 3.63) is 79.9 Å². The first-order valence-electron chi connectivity index (χ1n) is 9.67. The Morgan fingerprint density at radius 2 is 2.07 bits per heavy atom. The second-order valence-electron chi connectivity index (χ2n) is 7.31. The number of fused-ring (bicyclic) bond motifs is 1. The number of rotatable bonds is 4. The Morgan fingerprint density at radius 1 is 1.23 bits per heavy atom. The third kappa shape index (κ3) is 3.71. The summed E-state index contributed by atoms with van der Waals surface area (Å²) in [6.45, 7) is 3.92. The molecule has 6 nitrogen and oxygen atoms in total. The number of nitrogens with one attached hydrogen (secondary N) is 1. The number of hydrogen-bond donors (Lipinski definition) is 1. The minimum absolute atomic E-state index is 0.0919. The Hall–Kier alpha value is -2.74. The van der Waals surface area contributed by atoms with Gasteiger partial charge >= 0.3 is 0 Å². The Morgan fingerprint density at radius 3 is 2.83 bits per heavy atom. The summed E-state index contributed by atoms with van der Waals surface area (Å²) in [6.07, 6.45) is 0.717. The summed E-state index contributed by atoms with van der Waals surface area (Å²) in [7, 11) is 0. The molecule has 1 N–H and O–H groups in total. The molecular formula is C22H19ClN4O2S. The molecule has 0 saturated heterocycles. The fourth-order valence-corrected chi connectivity index (χ4v) is 4.43. The molecule has 0 spiro atoms. The van der Waals surface area contributed by atoms with Gasteiger partial charge in [-0.1, -0.05) is 17.7 Å². The van der Waals surface area contributed by atoms with Gasteiger partial charge in [0.2, 0.25) is 5.89 Å². The van der Waals surface area contributed by atoms with Crippen LogP contribution in [-0.4, -0.2) is 26.4 Å². The van der Waals surface area contributed by atoms with Gasteiger partial charge in [-0.05, 0) is 42.6 Å². The Labute approximate surface area is 182 Å². The second kappa shape index (κ2) is 7.83. The van der Waals surface area contributed by atoms with Crippen LogP contribution in [-0.2, 0) is 19.5 Å². The lowest BCUT2D eigenvalue weighted by Crippen LogP contribution is -2.35. The highest BCUT2D eigenvalue weighted by Gasteiger charge is 2.23. The number of aromatic amines is 1. The number of aromatic nitrogens is 3. The van der Waals surface area contributed by atoms with Crippen molar-refractivity contribution >= 4 is 22.9 Å². The lowest BCUT2D eigenvalue weighted by atomic mass is 10.1. The number of hydrogen-bond acceptors (Lipinski definition) is 6. The maximum atomic E-state index is 12.8. The van der Waals surface area contributed by atoms with Crippen molar-refractivity contribution in [3.8, 4) is 22.2 Å². The molecule has 8 heteroatoms. The van der Waals surface area contributed by atoms with Gasteiger partial charge in [0.1, 0.15) is 11.6 Å². The number of halogens is 1. The van der Waals surface area contributed by atoms with Crippen molar-refractivity contribution in [1.82, 2.24) is 19.9 Å². The SMILES string of the molecule is Cc1oc(-c2cccs2)nc1CN1CCc2nc(-c3ccc(Cl)cc3)[nH]c(=O)c2C1. The first-order chi connectivity index (χ1) is 14.6. The molecule has 4 heterocycles. The topological polar surface area (TPSA) is 75.0 Å². The zero-order chi connectivity index (χ0) is 20.7. The van der Waals surface area contributed by atoms with Gasteiger partial charge in [0.05, 0.1) is 21.8 Å². The van der Waals surface area contributed by atoms with Gasteiger partial charge < -0.3 is 9.40 Å². The highest BCUT2D eigenvalue weighted by atomic mass is 35.5. The summed E-state index contributed by atoms with van der Waals surface area (Å²) in [4.78, 5) is 28.3. The van der Waals surface area contributed by atoms with E-state index in [1.54, 1.807) is 23.5 Å². The van der Waals surface area contributed by atoms with E-state index in [0.717, 1.165) is 39.7 Å². The largest absolute Gasteiger partial charge is 0.440 e. The molecule has 1 aromatic carbocycles. The van der Waals surface area contributed by atoms with Gasteiger partial charge in [-0.2, -0.15) is 0 Å². The number of thiophene rings is 1. The summed E-state index contributed by atoms with van der Waals surface area (Å²) < 4.78 is 5.85. The molecule has 0 atom stereocenters. The minimum atomic E-state index is -0.0919. The number of H-pyrrole nitrogens is 1. The van der Waals surface area contributed by atoms with E-state index >= 15 is 0 Å². The molecule has 3 aromatic heterocycles. The van der Waals surface area contributed by atoms with Crippen molar-refractivity contribution < 1.29 is 4.42 Å². The Bertz CT molecular complexity index is 1250. The molecule has 0 fully saturated rings. The molecule has 0 unspecified atom stereocenters. The maximum absolute atomic E-state index is 12.8. The van der Waals surface area contributed by atoms with Crippen molar-refractivity contribution in [1.29, 1.82) is 0 Å². The molecule has 0 radical (unpaired) electrons. The van der Waals surface area contributed by atoms with Crippen LogP contribution in [0.1, 0.15) is 22.7 Å². The summed E-state index contributed by atoms with van der Waals surface area (Å²) in [5, 5.41) is 2.66. The van der Waals surface area contributed by atoms with Crippen LogP contribution in [0.2, 0.25) is 5.02 Å². The fourth-order valence-electron chi connectivity index (χ4n) is 3.65. The summed E-state index contributed by atoms with van der Waals surface area (Å²) in [5.41, 5.74) is 3.24. The third-order valence-electron chi connectivity index (χ3n) is 5.26. The molecule has 4 aromatic rings. The molecule has 0 aliphatic carbocycles. The molecular weight excluding hydrogens is 420 g/mol. The smallest absolute Gasteiger partial charge is 0.255 e. The van der Waals surface area contributed by atoms with Gasteiger partial charge in [-0.25, -0.2) is 9.97 Å². The number of benzene rings is 1. The molecule has 30 heavy (non-hydrogen) atoms. The van der Waals surface area contributed by atoms with Crippen LogP contribution in [0, 0.1) is 6.92 Å². The van der Waals surface area contributed by atoms with Crippen molar-refractivity contribution in [2.75, 3.05) is 6.54 Å². The van der Waals surface area contributed by atoms with Crippen LogP contribution in [0.25, 0.3) is 22.2 Å². The maximum Gasteiger partial charge on any atom is 0.255 e. The molecule has 1 aliphatic rings. The van der Waals surface area contributed by atoms with Crippen molar-refractivity contribution in [2.24, 2.45) is 0 Å². The van der Waals surface area contributed by atoms with E-state index in [1.165, 1.54) is 0 Å². The monoisotopic (exact) mass is 438 g/mol. The Balaban J connectivity index is 1.37. The quantitative estimate of drug-likeness (QED) is 0.501. The van der Waals surface area contributed by atoms with E-state index < -0.39 is 0 Å². The summed E-state index contributed by atoms with van der Waals surface area (Å²) in [6, 6.07) is 11.3. The van der Waals surface area contributed by atoms with Crippen LogP contribution < -0.4 is 5.56 Å². The van der Waals surface area contributed by atoms with E-state index in [9.17, 15) is 4.79 Å². The second-order valence-corrected chi connectivity index (χ2v) is 8.69. The number of nitrogens with zero attached hydrogens (tertiary/aromatic N) is 3. The van der Waals surface area contributed by atoms with Crippen LogP contribution in [0.4, 0.5) is 0 Å². The van der Waals surface area contributed by atoms with Crippen LogP contribution in [0.3, 0.4) is 0 Å². The average molecular weight is 439 g/mol. The van der Waals surface area contributed by atoms with E-state index in [1.807, 2.05) is 36.6 Å². The predicted octanol–water partition coefficient (Wildman–Crippen LogP) is 4.67. The molecule has 1 aliphatic heterocycles. The van der Waals surface area contributed by atoms with E-state index in [-0.39, 0.29) is 5.56 Å². The number of aryl methyl sites for hydroxylation is 1. The molecule has 0 amide bonds. The van der Waals surface area contributed by atoms with Crippen LogP contribution in [0.15, 0.2) is 51.0 Å². The van der Waals surface area contributed by atoms with Crippen LogP contribution in [0.5, 0.6) is 0 Å². The lowest BCUT2D eigenvalue weighted by molar-refractivity contribution is 0.238. The van der Waals surface area contributed by atoms with Crippen molar-refractivity contribution in [2.45, 2.75) is 26.4 Å². The summed E-state index contributed by atoms with van der Waals surface area (Å²) >= 11 is 7.57. The molecule has 0 saturated carbocycles. The molecule has 152 valence electrons. The molecule has 5 rings (SSSR count). The van der Waals surface area contributed by atoms with Gasteiger partial charge in [-0.15, -0.1) is 11.3 Å². The van der Waals surface area contributed by atoms with Gasteiger partial charge in [0, 0.05) is 36.6 Å². The Kier molecular flexibility index (Phi) is 5.02. The number of oxazole rings is 1. The van der Waals surface area contributed by atoms with Gasteiger partial charge in [0.25, 0.3) is 5.56 Å². The molecule has 0 bridgehead atoms. The first-order valence-corrected chi connectivity index (χ1v) is 10.9. The zero-order valence-electron chi connectivity index (χ0n) is 16.3. The summed E-state index contributed by atoms with van der Waals surface area (Å²) in [5.74, 6) is 2.05. The predicted molar refractivity (Wildman–Crippen MR) is 118 cm³/mol. The third-order valence-corrected chi connectivity index (χ3v) is 6.37. The fraction of sp³-hybridized carbons (Fsp3) is 0.227. The zero-order valence-corrected chi connectivity index (χ0v) is 17.9. The highest BCUT2D eigenvalue weighted by Crippen LogP contribution is 2.27. The average Bonchev–Trinajstić information content (AvgIpc) is 3.39. The van der Waals surface area contributed by atoms with E-state index in [0.29, 0.717) is 36.2 Å². The van der Waals surface area contributed by atoms with Crippen LogP contribution >= 0.6 is 22.9 Å². The standard InChI is InChI=1S/C22H19ClN4O2S/c1-13-18(25-22(29-13)19-3-2-10-30-19)12-27-9-8-17-16(11-27)21(28)26-20(24-17)14-4-6-15(23)7-5-14/h2-7,10H,8-9,11-12H2,1H3,(H,24,26,28). The highest BCUT2D eigenvalue weighted by molar-refractivity contribution is 7.13. The van der Waals surface area contributed by atoms with E-state index in [4.69, 9.17) is 21.0 Å². The first kappa shape index (κ1) is 19.2. The van der Waals surface area contributed by atoms with Gasteiger partial charge in [-0.3, -0.25) is 9.69 Å². The lowest BCUT2D eigenvalue weighted by Gasteiger charge is -2.27. The minimum Gasteiger partial charge on any atom is -0.440 e. The normalized spacial score (nSPS) is 14.1.